The molecule has 0 radical (unpaired) electrons. The van der Waals surface area contributed by atoms with Gasteiger partial charge in [0.15, 0.2) is 5.82 Å². The Hall–Kier alpha value is -1.26. The molecule has 0 amide bonds. The fourth-order valence-electron chi connectivity index (χ4n) is 3.97. The highest BCUT2D eigenvalue weighted by Crippen LogP contribution is 2.27. The second kappa shape index (κ2) is 11.8. The summed E-state index contributed by atoms with van der Waals surface area (Å²) in [4.78, 5) is 1.48. The van der Waals surface area contributed by atoms with Gasteiger partial charge in [0.1, 0.15) is 30.5 Å². The first-order valence-electron chi connectivity index (χ1n) is 10.9. The highest BCUT2D eigenvalue weighted by Gasteiger charge is 2.50. The highest BCUT2D eigenvalue weighted by molar-refractivity contribution is 5.37. The quantitative estimate of drug-likeness (QED) is 0.311. The molecule has 9 nitrogen and oxygen atoms in total. The number of aliphatic hydroxyl groups excluding tert-OH is 5. The Morgan fingerprint density at radius 1 is 0.793 bits per heavy atom. The molecule has 4 unspecified atom stereocenters. The van der Waals surface area contributed by atoms with E-state index in [9.17, 15) is 25.5 Å². The minimum Gasteiger partial charge on any atom is -0.388 e. The molecular formula is C20H38N4O5. The Kier molecular flexibility index (Phi) is 9.78. The third kappa shape index (κ3) is 6.36. The molecule has 0 aliphatic heterocycles. The van der Waals surface area contributed by atoms with Crippen molar-refractivity contribution < 1.29 is 25.5 Å². The van der Waals surface area contributed by atoms with Crippen LogP contribution in [-0.4, -0.2) is 84.1 Å². The number of hydrogen-bond donors (Lipinski definition) is 5. The average molecular weight is 415 g/mol. The molecule has 5 N–H and O–H groups in total. The van der Waals surface area contributed by atoms with Crippen molar-refractivity contribution >= 4 is 5.82 Å². The lowest BCUT2D eigenvalue weighted by Gasteiger charge is -2.45. The van der Waals surface area contributed by atoms with Gasteiger partial charge in [-0.2, -0.15) is 0 Å². The zero-order valence-corrected chi connectivity index (χ0v) is 17.6. The molecular weight excluding hydrogens is 376 g/mol. The Labute approximate surface area is 173 Å². The van der Waals surface area contributed by atoms with E-state index in [2.05, 4.69) is 17.2 Å². The molecule has 0 saturated heterocycles. The van der Waals surface area contributed by atoms with Gasteiger partial charge in [-0.3, -0.25) is 4.68 Å². The summed E-state index contributed by atoms with van der Waals surface area (Å²) in [5.74, 6) is 0.416. The zero-order valence-electron chi connectivity index (χ0n) is 17.6. The molecule has 168 valence electrons. The first-order chi connectivity index (χ1) is 13.9. The Balaban J connectivity index is 1.77. The van der Waals surface area contributed by atoms with Crippen molar-refractivity contribution in [2.24, 2.45) is 0 Å². The smallest absolute Gasteiger partial charge is 0.171 e. The maximum Gasteiger partial charge on any atom is 0.171 e. The Bertz CT molecular complexity index is 571. The lowest BCUT2D eigenvalue weighted by atomic mass is 9.82. The number of nitrogens with zero attached hydrogens (tertiary/aromatic N) is 4. The average Bonchev–Trinajstić information content (AvgIpc) is 3.18. The van der Waals surface area contributed by atoms with Gasteiger partial charge in [0.05, 0.1) is 12.2 Å². The maximum absolute atomic E-state index is 10.2. The molecule has 1 aromatic heterocycles. The predicted molar refractivity (Wildman–Crippen MR) is 109 cm³/mol. The van der Waals surface area contributed by atoms with Crippen LogP contribution in [0.25, 0.3) is 0 Å². The van der Waals surface area contributed by atoms with Crippen molar-refractivity contribution in [2.45, 2.75) is 108 Å². The predicted octanol–water partition coefficient (Wildman–Crippen LogP) is 0.432. The number of aryl methyl sites for hydroxylation is 1. The van der Waals surface area contributed by atoms with Crippen LogP contribution < -0.4 is 4.90 Å². The summed E-state index contributed by atoms with van der Waals surface area (Å²) in [7, 11) is 1.60. The Morgan fingerprint density at radius 2 is 1.28 bits per heavy atom. The maximum atomic E-state index is 10.2. The summed E-state index contributed by atoms with van der Waals surface area (Å²) in [6, 6.07) is -1.01. The second-order valence-corrected chi connectivity index (χ2v) is 8.22. The van der Waals surface area contributed by atoms with Gasteiger partial charge < -0.3 is 30.4 Å². The van der Waals surface area contributed by atoms with E-state index in [0.717, 1.165) is 19.4 Å². The minimum absolute atomic E-state index is 0.416. The molecule has 1 fully saturated rings. The summed E-state index contributed by atoms with van der Waals surface area (Å²) in [5.41, 5.74) is 0. The van der Waals surface area contributed by atoms with Gasteiger partial charge in [0.2, 0.25) is 0 Å². The molecule has 9 heteroatoms. The highest BCUT2D eigenvalue weighted by atomic mass is 16.4. The van der Waals surface area contributed by atoms with E-state index >= 15 is 0 Å². The lowest BCUT2D eigenvalue weighted by molar-refractivity contribution is -0.185. The van der Waals surface area contributed by atoms with Crippen LogP contribution in [-0.2, 0) is 6.54 Å². The van der Waals surface area contributed by atoms with E-state index in [1.807, 2.05) is 0 Å². The van der Waals surface area contributed by atoms with Crippen LogP contribution in [0.1, 0.15) is 64.7 Å². The normalized spacial score (nSPS) is 29.9. The molecule has 1 aromatic rings. The molecule has 0 spiro atoms. The number of anilines is 1. The van der Waals surface area contributed by atoms with E-state index in [4.69, 9.17) is 0 Å². The van der Waals surface area contributed by atoms with Crippen LogP contribution in [0.3, 0.4) is 0 Å². The topological polar surface area (TPSA) is 135 Å². The first kappa shape index (κ1) is 24.0. The minimum atomic E-state index is -1.60. The van der Waals surface area contributed by atoms with Gasteiger partial charge >= 0.3 is 0 Å². The number of likely N-dealkylation sites (N-methyl/N-ethyl adjacent to an activating group) is 1. The fourth-order valence-corrected chi connectivity index (χ4v) is 3.97. The van der Waals surface area contributed by atoms with E-state index in [-0.39, 0.29) is 0 Å². The number of hydrogen-bond acceptors (Lipinski definition) is 8. The molecule has 0 bridgehead atoms. The van der Waals surface area contributed by atoms with Crippen molar-refractivity contribution in [3.05, 3.63) is 6.20 Å². The number of unbranched alkanes of at least 4 members (excludes halogenated alkanes) is 8. The molecule has 1 saturated carbocycles. The van der Waals surface area contributed by atoms with Crippen molar-refractivity contribution in [2.75, 3.05) is 11.9 Å². The molecule has 0 aromatic carbocycles. The van der Waals surface area contributed by atoms with Crippen LogP contribution in [0.15, 0.2) is 6.20 Å². The lowest BCUT2D eigenvalue weighted by Crippen LogP contribution is -2.68. The number of aliphatic hydroxyl groups is 5. The molecule has 1 heterocycles. The van der Waals surface area contributed by atoms with Crippen molar-refractivity contribution in [1.82, 2.24) is 15.0 Å². The van der Waals surface area contributed by atoms with Crippen molar-refractivity contribution in [3.8, 4) is 0 Å². The standard InChI is InChI=1S/C20H38N4O5/c1-3-4-5-6-7-8-9-10-11-12-24-13-14(21-22-24)23(2)15-16(25)18(27)20(29)19(28)17(15)26/h13,15-20,25-29H,3-12H2,1-2H3. The summed E-state index contributed by atoms with van der Waals surface area (Å²) in [6.45, 7) is 2.96. The van der Waals surface area contributed by atoms with Gasteiger partial charge in [-0.05, 0) is 6.42 Å². The molecule has 2 rings (SSSR count). The van der Waals surface area contributed by atoms with Crippen LogP contribution >= 0.6 is 0 Å². The third-order valence-electron chi connectivity index (χ3n) is 5.93. The summed E-state index contributed by atoms with van der Waals surface area (Å²) in [5, 5.41) is 58.2. The van der Waals surface area contributed by atoms with E-state index in [1.165, 1.54) is 49.8 Å². The molecule has 1 aliphatic rings. The summed E-state index contributed by atoms with van der Waals surface area (Å²) in [6.07, 6.45) is 5.31. The number of rotatable bonds is 12. The van der Waals surface area contributed by atoms with E-state index in [1.54, 1.807) is 17.9 Å². The zero-order chi connectivity index (χ0) is 21.4. The summed E-state index contributed by atoms with van der Waals surface area (Å²) < 4.78 is 1.72. The van der Waals surface area contributed by atoms with Crippen LogP contribution in [0.5, 0.6) is 0 Å². The summed E-state index contributed by atoms with van der Waals surface area (Å²) >= 11 is 0. The SMILES string of the molecule is CCCCCCCCCCCn1cc(N(C)C2C(O)C(O)C(O)C(O)C2O)nn1. The van der Waals surface area contributed by atoms with Gasteiger partial charge in [-0.1, -0.05) is 63.5 Å². The van der Waals surface area contributed by atoms with Gasteiger partial charge in [0.25, 0.3) is 0 Å². The van der Waals surface area contributed by atoms with E-state index in [0.29, 0.717) is 5.82 Å². The van der Waals surface area contributed by atoms with Crippen molar-refractivity contribution in [1.29, 1.82) is 0 Å². The van der Waals surface area contributed by atoms with Crippen molar-refractivity contribution in [3.63, 3.8) is 0 Å². The van der Waals surface area contributed by atoms with Crippen LogP contribution in [0, 0.1) is 0 Å². The Morgan fingerprint density at radius 3 is 1.83 bits per heavy atom. The molecule has 1 aliphatic carbocycles. The first-order valence-corrected chi connectivity index (χ1v) is 10.9. The van der Waals surface area contributed by atoms with Crippen LogP contribution in [0.4, 0.5) is 5.82 Å². The van der Waals surface area contributed by atoms with Gasteiger partial charge in [-0.25, -0.2) is 0 Å². The van der Waals surface area contributed by atoms with E-state index < -0.39 is 36.6 Å². The third-order valence-corrected chi connectivity index (χ3v) is 5.93. The monoisotopic (exact) mass is 414 g/mol. The largest absolute Gasteiger partial charge is 0.388 e. The molecule has 29 heavy (non-hydrogen) atoms. The van der Waals surface area contributed by atoms with Gasteiger partial charge in [0, 0.05) is 13.6 Å². The number of aromatic nitrogens is 3. The van der Waals surface area contributed by atoms with Crippen LogP contribution in [0.2, 0.25) is 0 Å². The fraction of sp³-hybridized carbons (Fsp3) is 0.900. The molecule has 4 atom stereocenters. The van der Waals surface area contributed by atoms with Gasteiger partial charge in [-0.15, -0.1) is 5.10 Å². The second-order valence-electron chi connectivity index (χ2n) is 8.22.